The lowest BCUT2D eigenvalue weighted by Crippen LogP contribution is -2.42. The van der Waals surface area contributed by atoms with Crippen LogP contribution in [-0.2, 0) is 17.6 Å². The summed E-state index contributed by atoms with van der Waals surface area (Å²) in [5, 5.41) is 0. The molecule has 1 aromatic carbocycles. The highest BCUT2D eigenvalue weighted by molar-refractivity contribution is 5.99. The summed E-state index contributed by atoms with van der Waals surface area (Å²) in [4.78, 5) is 14.7. The molecule has 0 saturated heterocycles. The number of hydrogen-bond acceptors (Lipinski definition) is 2. The second kappa shape index (κ2) is 7.04. The fraction of sp³-hybridized carbons (Fsp3) is 0.650. The highest BCUT2D eigenvalue weighted by Gasteiger charge is 2.36. The molecule has 0 spiro atoms. The van der Waals surface area contributed by atoms with Crippen LogP contribution in [0.25, 0.3) is 0 Å². The van der Waals surface area contributed by atoms with Crippen LogP contribution in [0.4, 0.5) is 5.69 Å². The van der Waals surface area contributed by atoms with E-state index in [0.29, 0.717) is 0 Å². The Morgan fingerprint density at radius 1 is 1.39 bits per heavy atom. The van der Waals surface area contributed by atoms with Crippen molar-refractivity contribution in [1.29, 1.82) is 0 Å². The highest BCUT2D eigenvalue weighted by atomic mass is 16.2. The van der Waals surface area contributed by atoms with Crippen molar-refractivity contribution in [3.05, 3.63) is 29.3 Å². The summed E-state index contributed by atoms with van der Waals surface area (Å²) in [7, 11) is 0. The number of benzene rings is 1. The maximum absolute atomic E-state index is 12.7. The van der Waals surface area contributed by atoms with Crippen LogP contribution in [0.2, 0.25) is 0 Å². The molecule has 1 heterocycles. The fourth-order valence-electron chi connectivity index (χ4n) is 3.35. The third kappa shape index (κ3) is 4.14. The molecule has 128 valence electrons. The Balaban J connectivity index is 2.16. The average Bonchev–Trinajstić information content (AvgIpc) is 2.78. The summed E-state index contributed by atoms with van der Waals surface area (Å²) in [5.74, 6) is 0.205. The van der Waals surface area contributed by atoms with Gasteiger partial charge in [-0.15, -0.1) is 0 Å². The molecular weight excluding hydrogens is 284 g/mol. The van der Waals surface area contributed by atoms with Crippen molar-refractivity contribution in [2.75, 3.05) is 4.90 Å². The molecule has 0 radical (unpaired) electrons. The second-order valence-electron chi connectivity index (χ2n) is 8.05. The Labute approximate surface area is 141 Å². The van der Waals surface area contributed by atoms with Gasteiger partial charge >= 0.3 is 0 Å². The first kappa shape index (κ1) is 18.0. The monoisotopic (exact) mass is 316 g/mol. The Kier molecular flexibility index (Phi) is 5.51. The van der Waals surface area contributed by atoms with Crippen molar-refractivity contribution in [3.8, 4) is 0 Å². The van der Waals surface area contributed by atoms with Crippen LogP contribution in [0.1, 0.15) is 65.0 Å². The summed E-state index contributed by atoms with van der Waals surface area (Å²) in [6.07, 6.45) is 5.33. The smallest absolute Gasteiger partial charge is 0.232 e. The van der Waals surface area contributed by atoms with E-state index >= 15 is 0 Å². The van der Waals surface area contributed by atoms with Gasteiger partial charge in [0.05, 0.1) is 0 Å². The molecule has 2 rings (SSSR count). The number of carbonyl (C=O) groups is 1. The quantitative estimate of drug-likeness (QED) is 0.890. The van der Waals surface area contributed by atoms with Crippen molar-refractivity contribution >= 4 is 11.6 Å². The molecule has 2 N–H and O–H groups in total. The first-order valence-corrected chi connectivity index (χ1v) is 8.95. The molecule has 1 aliphatic rings. The van der Waals surface area contributed by atoms with E-state index in [0.717, 1.165) is 24.9 Å². The molecule has 2 atom stereocenters. The Morgan fingerprint density at radius 3 is 2.70 bits per heavy atom. The molecule has 23 heavy (non-hydrogen) atoms. The molecule has 0 fully saturated rings. The zero-order chi connectivity index (χ0) is 17.2. The zero-order valence-electron chi connectivity index (χ0n) is 15.4. The largest absolute Gasteiger partial charge is 0.327 e. The van der Waals surface area contributed by atoms with Gasteiger partial charge in [0.15, 0.2) is 0 Å². The lowest BCUT2D eigenvalue weighted by molar-refractivity contribution is -0.126. The summed E-state index contributed by atoms with van der Waals surface area (Å²) in [5.41, 5.74) is 9.55. The maximum atomic E-state index is 12.7. The molecule has 0 bridgehead atoms. The highest BCUT2D eigenvalue weighted by Crippen LogP contribution is 2.36. The first-order valence-electron chi connectivity index (χ1n) is 8.95. The molecule has 1 amide bonds. The van der Waals surface area contributed by atoms with Gasteiger partial charge < -0.3 is 10.6 Å². The van der Waals surface area contributed by atoms with Crippen molar-refractivity contribution < 1.29 is 4.79 Å². The van der Waals surface area contributed by atoms with Gasteiger partial charge in [0.25, 0.3) is 0 Å². The van der Waals surface area contributed by atoms with Gasteiger partial charge in [-0.05, 0) is 43.4 Å². The van der Waals surface area contributed by atoms with Crippen LogP contribution < -0.4 is 10.6 Å². The van der Waals surface area contributed by atoms with Gasteiger partial charge in [-0.1, -0.05) is 52.7 Å². The van der Waals surface area contributed by atoms with Crippen molar-refractivity contribution in [1.82, 2.24) is 0 Å². The van der Waals surface area contributed by atoms with E-state index in [9.17, 15) is 4.79 Å². The minimum Gasteiger partial charge on any atom is -0.327 e. The van der Waals surface area contributed by atoms with Crippen LogP contribution in [0.15, 0.2) is 18.2 Å². The van der Waals surface area contributed by atoms with Crippen LogP contribution in [-0.4, -0.2) is 18.0 Å². The number of nitrogens with two attached hydrogens (primary N) is 1. The average molecular weight is 316 g/mol. The van der Waals surface area contributed by atoms with E-state index < -0.39 is 0 Å². The summed E-state index contributed by atoms with van der Waals surface area (Å²) < 4.78 is 0. The Morgan fingerprint density at radius 2 is 2.09 bits per heavy atom. The minimum atomic E-state index is -0.350. The molecule has 2 unspecified atom stereocenters. The van der Waals surface area contributed by atoms with Gasteiger partial charge in [0.1, 0.15) is 0 Å². The molecule has 0 saturated carbocycles. The number of hydrogen-bond donors (Lipinski definition) is 1. The summed E-state index contributed by atoms with van der Waals surface area (Å²) in [6.45, 7) is 10.3. The SMILES string of the molecule is CCCCC(N)Cc1ccc2c(c1)CC(C)N2C(=O)C(C)(C)C. The maximum Gasteiger partial charge on any atom is 0.232 e. The Hall–Kier alpha value is -1.35. The molecule has 3 nitrogen and oxygen atoms in total. The molecule has 3 heteroatoms. The number of fused-ring (bicyclic) bond motifs is 1. The minimum absolute atomic E-state index is 0.205. The number of nitrogens with zero attached hydrogens (tertiary/aromatic N) is 1. The van der Waals surface area contributed by atoms with Gasteiger partial charge in [-0.3, -0.25) is 4.79 Å². The van der Waals surface area contributed by atoms with Crippen molar-refractivity contribution in [2.45, 2.75) is 78.8 Å². The predicted octanol–water partition coefficient (Wildman–Crippen LogP) is 4.07. The van der Waals surface area contributed by atoms with E-state index in [1.165, 1.54) is 24.0 Å². The molecule has 0 aliphatic carbocycles. The normalized spacial score (nSPS) is 18.9. The second-order valence-corrected chi connectivity index (χ2v) is 8.05. The number of unbranched alkanes of at least 4 members (excludes halogenated alkanes) is 1. The first-order chi connectivity index (χ1) is 10.7. The van der Waals surface area contributed by atoms with Gasteiger partial charge in [0.2, 0.25) is 5.91 Å². The Bertz CT molecular complexity index is 559. The lowest BCUT2D eigenvalue weighted by Gasteiger charge is -2.30. The van der Waals surface area contributed by atoms with Crippen molar-refractivity contribution in [2.24, 2.45) is 11.1 Å². The van der Waals surface area contributed by atoms with E-state index in [2.05, 4.69) is 32.0 Å². The van der Waals surface area contributed by atoms with E-state index in [1.54, 1.807) is 0 Å². The van der Waals surface area contributed by atoms with Gasteiger partial charge in [-0.2, -0.15) is 0 Å². The van der Waals surface area contributed by atoms with Gasteiger partial charge in [-0.25, -0.2) is 0 Å². The van der Waals surface area contributed by atoms with Crippen molar-refractivity contribution in [3.63, 3.8) is 0 Å². The van der Waals surface area contributed by atoms with Crippen LogP contribution in [0.3, 0.4) is 0 Å². The summed E-state index contributed by atoms with van der Waals surface area (Å²) >= 11 is 0. The molecule has 1 aromatic rings. The van der Waals surface area contributed by atoms with E-state index in [-0.39, 0.29) is 23.4 Å². The fourth-order valence-corrected chi connectivity index (χ4v) is 3.35. The molecule has 1 aliphatic heterocycles. The van der Waals surface area contributed by atoms with Crippen LogP contribution in [0, 0.1) is 5.41 Å². The summed E-state index contributed by atoms with van der Waals surface area (Å²) in [6, 6.07) is 6.99. The third-order valence-electron chi connectivity index (χ3n) is 4.65. The number of anilines is 1. The van der Waals surface area contributed by atoms with Gasteiger partial charge in [0, 0.05) is 23.2 Å². The van der Waals surface area contributed by atoms with E-state index in [1.807, 2.05) is 25.7 Å². The topological polar surface area (TPSA) is 46.3 Å². The number of carbonyl (C=O) groups excluding carboxylic acids is 1. The zero-order valence-corrected chi connectivity index (χ0v) is 15.4. The van der Waals surface area contributed by atoms with Crippen LogP contribution in [0.5, 0.6) is 0 Å². The standard InChI is InChI=1S/C20H32N2O/c1-6-7-8-17(21)13-15-9-10-18-16(12-15)11-14(2)22(18)19(23)20(3,4)5/h9-10,12,14,17H,6-8,11,13,21H2,1-5H3. The van der Waals surface area contributed by atoms with E-state index in [4.69, 9.17) is 5.73 Å². The lowest BCUT2D eigenvalue weighted by atomic mass is 9.94. The number of amides is 1. The molecule has 0 aromatic heterocycles. The third-order valence-corrected chi connectivity index (χ3v) is 4.65. The molecular formula is C20H32N2O. The predicted molar refractivity (Wildman–Crippen MR) is 97.8 cm³/mol. The van der Waals surface area contributed by atoms with Crippen LogP contribution >= 0.6 is 0 Å². The number of rotatable bonds is 5.